The molecule has 6 heteroatoms. The van der Waals surface area contributed by atoms with Crippen LogP contribution in [-0.4, -0.2) is 32.1 Å². The van der Waals surface area contributed by atoms with E-state index in [4.69, 9.17) is 21.4 Å². The lowest BCUT2D eigenvalue weighted by Crippen LogP contribution is -2.08. The van der Waals surface area contributed by atoms with Crippen molar-refractivity contribution in [2.45, 2.75) is 13.0 Å². The van der Waals surface area contributed by atoms with Crippen molar-refractivity contribution in [1.82, 2.24) is 0 Å². The van der Waals surface area contributed by atoms with Gasteiger partial charge < -0.3 is 9.84 Å². The van der Waals surface area contributed by atoms with E-state index in [0.29, 0.717) is 29.4 Å². The molecule has 0 bridgehead atoms. The van der Waals surface area contributed by atoms with Crippen molar-refractivity contribution >= 4 is 21.4 Å². The van der Waals surface area contributed by atoms with Gasteiger partial charge in [0.15, 0.2) is 0 Å². The Morgan fingerprint density at radius 2 is 2.12 bits per heavy atom. The third-order valence-electron chi connectivity index (χ3n) is 2.10. The maximum atomic E-state index is 10.9. The van der Waals surface area contributed by atoms with Gasteiger partial charge in [0, 0.05) is 6.26 Å². The minimum absolute atomic E-state index is 0.0753. The lowest BCUT2D eigenvalue weighted by molar-refractivity contribution is 0.281. The van der Waals surface area contributed by atoms with Crippen LogP contribution in [0.3, 0.4) is 0 Å². The highest BCUT2D eigenvalue weighted by Gasteiger charge is 2.05. The molecule has 17 heavy (non-hydrogen) atoms. The summed E-state index contributed by atoms with van der Waals surface area (Å²) in [7, 11) is -2.95. The van der Waals surface area contributed by atoms with Crippen LogP contribution in [0.15, 0.2) is 18.2 Å². The molecule has 0 aliphatic rings. The molecule has 0 heterocycles. The van der Waals surface area contributed by atoms with Crippen molar-refractivity contribution < 1.29 is 18.3 Å². The molecule has 0 atom stereocenters. The molecule has 96 valence electrons. The Morgan fingerprint density at radius 3 is 2.65 bits per heavy atom. The van der Waals surface area contributed by atoms with Gasteiger partial charge in [-0.05, 0) is 24.1 Å². The van der Waals surface area contributed by atoms with Crippen molar-refractivity contribution in [2.75, 3.05) is 18.6 Å². The predicted octanol–water partition coefficient (Wildman–Crippen LogP) is 1.65. The Hall–Kier alpha value is -0.780. The average molecular weight is 279 g/mol. The van der Waals surface area contributed by atoms with E-state index in [1.165, 1.54) is 6.26 Å². The largest absolute Gasteiger partial charge is 0.492 e. The number of benzene rings is 1. The first-order valence-electron chi connectivity index (χ1n) is 5.12. The van der Waals surface area contributed by atoms with Crippen LogP contribution in [0, 0.1) is 0 Å². The van der Waals surface area contributed by atoms with E-state index in [1.807, 2.05) is 0 Å². The van der Waals surface area contributed by atoms with E-state index in [9.17, 15) is 8.42 Å². The standard InChI is InChI=1S/C11H15ClO4S/c1-17(14,15)6-2-5-16-11-4-3-9(8-13)7-10(11)12/h3-4,7,13H,2,5-6,8H2,1H3. The van der Waals surface area contributed by atoms with Gasteiger partial charge in [-0.3, -0.25) is 0 Å². The van der Waals surface area contributed by atoms with E-state index in [0.717, 1.165) is 0 Å². The summed E-state index contributed by atoms with van der Waals surface area (Å²) in [6.07, 6.45) is 1.62. The first-order chi connectivity index (χ1) is 7.92. The number of hydrogen-bond donors (Lipinski definition) is 1. The van der Waals surface area contributed by atoms with Crippen LogP contribution < -0.4 is 4.74 Å². The molecule has 0 saturated carbocycles. The summed E-state index contributed by atoms with van der Waals surface area (Å²) in [6, 6.07) is 4.99. The monoisotopic (exact) mass is 278 g/mol. The Morgan fingerprint density at radius 1 is 1.41 bits per heavy atom. The Balaban J connectivity index is 2.47. The minimum atomic E-state index is -2.95. The summed E-state index contributed by atoms with van der Waals surface area (Å²) < 4.78 is 27.1. The highest BCUT2D eigenvalue weighted by atomic mass is 35.5. The SMILES string of the molecule is CS(=O)(=O)CCCOc1ccc(CO)cc1Cl. The molecule has 1 aromatic carbocycles. The quantitative estimate of drug-likeness (QED) is 0.804. The molecule has 0 aliphatic heterocycles. The molecule has 0 fully saturated rings. The number of aliphatic hydroxyl groups excluding tert-OH is 1. The molecule has 0 unspecified atom stereocenters. The van der Waals surface area contributed by atoms with E-state index in [-0.39, 0.29) is 12.4 Å². The topological polar surface area (TPSA) is 63.6 Å². The summed E-state index contributed by atoms with van der Waals surface area (Å²) in [6.45, 7) is 0.222. The highest BCUT2D eigenvalue weighted by Crippen LogP contribution is 2.25. The number of rotatable bonds is 6. The summed E-state index contributed by atoms with van der Waals surface area (Å²) in [5.41, 5.74) is 0.707. The van der Waals surface area contributed by atoms with Gasteiger partial charge in [-0.25, -0.2) is 8.42 Å². The van der Waals surface area contributed by atoms with E-state index in [2.05, 4.69) is 0 Å². The van der Waals surface area contributed by atoms with Crippen molar-refractivity contribution in [1.29, 1.82) is 0 Å². The summed E-state index contributed by atoms with van der Waals surface area (Å²) in [4.78, 5) is 0. The number of hydrogen-bond acceptors (Lipinski definition) is 4. The molecule has 1 aromatic rings. The molecule has 4 nitrogen and oxygen atoms in total. The van der Waals surface area contributed by atoms with E-state index >= 15 is 0 Å². The Labute approximate surface area is 106 Å². The molecular weight excluding hydrogens is 264 g/mol. The second-order valence-corrected chi connectivity index (χ2v) is 6.42. The molecule has 1 rings (SSSR count). The van der Waals surface area contributed by atoms with Crippen LogP contribution in [0.5, 0.6) is 5.75 Å². The van der Waals surface area contributed by atoms with Gasteiger partial charge in [-0.2, -0.15) is 0 Å². The maximum Gasteiger partial charge on any atom is 0.147 e. The zero-order valence-corrected chi connectivity index (χ0v) is 11.1. The fourth-order valence-corrected chi connectivity index (χ4v) is 2.16. The second-order valence-electron chi connectivity index (χ2n) is 3.75. The van der Waals surface area contributed by atoms with Gasteiger partial charge in [0.05, 0.1) is 24.0 Å². The molecule has 0 saturated heterocycles. The summed E-state index contributed by atoms with van der Waals surface area (Å²) in [5, 5.41) is 9.30. The van der Waals surface area contributed by atoms with Crippen LogP contribution in [0.1, 0.15) is 12.0 Å². The number of ether oxygens (including phenoxy) is 1. The number of aliphatic hydroxyl groups is 1. The lowest BCUT2D eigenvalue weighted by atomic mass is 10.2. The third kappa shape index (κ3) is 5.39. The van der Waals surface area contributed by atoms with Crippen LogP contribution in [0.2, 0.25) is 5.02 Å². The van der Waals surface area contributed by atoms with Crippen LogP contribution in [0.4, 0.5) is 0 Å². The van der Waals surface area contributed by atoms with Gasteiger partial charge in [-0.15, -0.1) is 0 Å². The van der Waals surface area contributed by atoms with Gasteiger partial charge in [0.2, 0.25) is 0 Å². The molecule has 0 aromatic heterocycles. The van der Waals surface area contributed by atoms with Gasteiger partial charge in [-0.1, -0.05) is 17.7 Å². The van der Waals surface area contributed by atoms with Crippen LogP contribution >= 0.6 is 11.6 Å². The zero-order chi connectivity index (χ0) is 12.9. The van der Waals surface area contributed by atoms with Gasteiger partial charge in [0.1, 0.15) is 15.6 Å². The zero-order valence-electron chi connectivity index (χ0n) is 9.52. The first kappa shape index (κ1) is 14.3. The molecule has 1 N–H and O–H groups in total. The highest BCUT2D eigenvalue weighted by molar-refractivity contribution is 7.90. The summed E-state index contributed by atoms with van der Waals surface area (Å²) in [5.74, 6) is 0.594. The molecule has 0 amide bonds. The number of halogens is 1. The molecule has 0 radical (unpaired) electrons. The minimum Gasteiger partial charge on any atom is -0.492 e. The predicted molar refractivity (Wildman–Crippen MR) is 67.2 cm³/mol. The second kappa shape index (κ2) is 6.23. The smallest absolute Gasteiger partial charge is 0.147 e. The molecule has 0 spiro atoms. The van der Waals surface area contributed by atoms with Crippen molar-refractivity contribution in [3.8, 4) is 5.75 Å². The van der Waals surface area contributed by atoms with Crippen LogP contribution in [0.25, 0.3) is 0 Å². The van der Waals surface area contributed by atoms with E-state index < -0.39 is 9.84 Å². The normalized spacial score (nSPS) is 11.5. The number of sulfone groups is 1. The van der Waals surface area contributed by atoms with Crippen molar-refractivity contribution in [3.63, 3.8) is 0 Å². The average Bonchev–Trinajstić information content (AvgIpc) is 2.24. The van der Waals surface area contributed by atoms with E-state index in [1.54, 1.807) is 18.2 Å². The van der Waals surface area contributed by atoms with Gasteiger partial charge >= 0.3 is 0 Å². The third-order valence-corrected chi connectivity index (χ3v) is 3.42. The fraction of sp³-hybridized carbons (Fsp3) is 0.455. The van der Waals surface area contributed by atoms with Crippen LogP contribution in [-0.2, 0) is 16.4 Å². The fourth-order valence-electron chi connectivity index (χ4n) is 1.26. The first-order valence-corrected chi connectivity index (χ1v) is 7.56. The molecule has 0 aliphatic carbocycles. The Kier molecular flexibility index (Phi) is 5.24. The van der Waals surface area contributed by atoms with Gasteiger partial charge in [0.25, 0.3) is 0 Å². The van der Waals surface area contributed by atoms with Crippen molar-refractivity contribution in [3.05, 3.63) is 28.8 Å². The van der Waals surface area contributed by atoms with Crippen molar-refractivity contribution in [2.24, 2.45) is 0 Å². The lowest BCUT2D eigenvalue weighted by Gasteiger charge is -2.08. The molecular formula is C11H15ClO4S. The maximum absolute atomic E-state index is 10.9. The summed E-state index contributed by atoms with van der Waals surface area (Å²) >= 11 is 5.92. The Bertz CT molecular complexity index is 470.